The Morgan fingerprint density at radius 1 is 1.32 bits per heavy atom. The molecule has 1 aliphatic rings. The summed E-state index contributed by atoms with van der Waals surface area (Å²) in [4.78, 5) is 5.87. The normalized spacial score (nSPS) is 16.9. The molecule has 2 rings (SSSR count). The molecule has 0 saturated heterocycles. The quantitative estimate of drug-likeness (QED) is 0.609. The van der Waals surface area contributed by atoms with Gasteiger partial charge in [-0.05, 0) is 13.8 Å². The van der Waals surface area contributed by atoms with Gasteiger partial charge in [0.2, 0.25) is 5.82 Å². The summed E-state index contributed by atoms with van der Waals surface area (Å²) in [5, 5.41) is 6.78. The van der Waals surface area contributed by atoms with Crippen molar-refractivity contribution in [2.24, 2.45) is 10.7 Å². The molecule has 0 aromatic carbocycles. The van der Waals surface area contributed by atoms with Crippen molar-refractivity contribution in [2.45, 2.75) is 39.2 Å². The molecule has 0 spiro atoms. The van der Waals surface area contributed by atoms with E-state index in [-0.39, 0.29) is 25.0 Å². The number of alkyl halides is 3. The first-order chi connectivity index (χ1) is 8.79. The van der Waals surface area contributed by atoms with Crippen molar-refractivity contribution in [1.29, 1.82) is 0 Å². The van der Waals surface area contributed by atoms with Crippen LogP contribution in [0.15, 0.2) is 4.99 Å². The summed E-state index contributed by atoms with van der Waals surface area (Å²) in [6, 6.07) is 0.0329. The first-order valence-corrected chi connectivity index (χ1v) is 5.86. The van der Waals surface area contributed by atoms with Crippen molar-refractivity contribution in [3.05, 3.63) is 11.6 Å². The molecule has 1 aromatic rings. The molecule has 0 amide bonds. The second-order valence-corrected chi connectivity index (χ2v) is 4.59. The van der Waals surface area contributed by atoms with Crippen LogP contribution in [0.1, 0.15) is 25.5 Å². The molecule has 0 unspecified atom stereocenters. The van der Waals surface area contributed by atoms with E-state index in [1.807, 2.05) is 13.8 Å². The predicted octanol–water partition coefficient (Wildman–Crippen LogP) is 0.836. The average molecular weight is 276 g/mol. The SMILES string of the molecule is CC(C)N=C(N)N1CCn2c(nnc2C(F)(F)F)C1. The molecule has 0 radical (unpaired) electrons. The van der Waals surface area contributed by atoms with E-state index in [1.54, 1.807) is 4.90 Å². The second-order valence-electron chi connectivity index (χ2n) is 4.59. The highest BCUT2D eigenvalue weighted by atomic mass is 19.4. The minimum Gasteiger partial charge on any atom is -0.370 e. The van der Waals surface area contributed by atoms with Gasteiger partial charge in [0.1, 0.15) is 0 Å². The Bertz CT molecular complexity index is 490. The number of nitrogens with zero attached hydrogens (tertiary/aromatic N) is 5. The highest BCUT2D eigenvalue weighted by Gasteiger charge is 2.39. The van der Waals surface area contributed by atoms with Crippen molar-refractivity contribution in [3.63, 3.8) is 0 Å². The molecule has 1 aliphatic heterocycles. The van der Waals surface area contributed by atoms with Gasteiger partial charge in [-0.1, -0.05) is 0 Å². The number of aliphatic imine (C=N–C) groups is 1. The lowest BCUT2D eigenvalue weighted by atomic mass is 10.3. The van der Waals surface area contributed by atoms with Crippen LogP contribution in [-0.4, -0.2) is 38.2 Å². The molecule has 0 saturated carbocycles. The fraction of sp³-hybridized carbons (Fsp3) is 0.700. The standard InChI is InChI=1S/C10H15F3N6/c1-6(2)15-9(14)18-3-4-19-7(5-18)16-17-8(19)10(11,12)13/h6H,3-5H2,1-2H3,(H2,14,15). The summed E-state index contributed by atoms with van der Waals surface area (Å²) in [5.74, 6) is -0.389. The van der Waals surface area contributed by atoms with Crippen LogP contribution in [0.2, 0.25) is 0 Å². The molecule has 19 heavy (non-hydrogen) atoms. The maximum absolute atomic E-state index is 12.7. The van der Waals surface area contributed by atoms with E-state index >= 15 is 0 Å². The minimum absolute atomic E-state index is 0.0329. The predicted molar refractivity (Wildman–Crippen MR) is 62.2 cm³/mol. The van der Waals surface area contributed by atoms with Crippen molar-refractivity contribution in [1.82, 2.24) is 19.7 Å². The number of fused-ring (bicyclic) bond motifs is 1. The summed E-state index contributed by atoms with van der Waals surface area (Å²) in [6.45, 7) is 4.44. The Balaban J connectivity index is 2.21. The lowest BCUT2D eigenvalue weighted by Gasteiger charge is -2.29. The zero-order chi connectivity index (χ0) is 14.2. The fourth-order valence-corrected chi connectivity index (χ4v) is 1.91. The summed E-state index contributed by atoms with van der Waals surface area (Å²) in [7, 11) is 0. The largest absolute Gasteiger partial charge is 0.451 e. The molecule has 0 atom stereocenters. The third-order valence-electron chi connectivity index (χ3n) is 2.72. The first-order valence-electron chi connectivity index (χ1n) is 5.86. The third-order valence-corrected chi connectivity index (χ3v) is 2.72. The van der Waals surface area contributed by atoms with E-state index in [2.05, 4.69) is 15.2 Å². The van der Waals surface area contributed by atoms with E-state index in [0.29, 0.717) is 12.5 Å². The van der Waals surface area contributed by atoms with Crippen LogP contribution in [0.4, 0.5) is 13.2 Å². The van der Waals surface area contributed by atoms with Crippen molar-refractivity contribution in [3.8, 4) is 0 Å². The zero-order valence-electron chi connectivity index (χ0n) is 10.6. The molecule has 106 valence electrons. The van der Waals surface area contributed by atoms with E-state index in [0.717, 1.165) is 4.57 Å². The number of rotatable bonds is 1. The number of halogens is 3. The first kappa shape index (κ1) is 13.6. The van der Waals surface area contributed by atoms with Gasteiger partial charge in [-0.25, -0.2) is 0 Å². The van der Waals surface area contributed by atoms with Gasteiger partial charge in [0.05, 0.1) is 6.54 Å². The van der Waals surface area contributed by atoms with Gasteiger partial charge < -0.3 is 15.2 Å². The van der Waals surface area contributed by atoms with Gasteiger partial charge in [0.25, 0.3) is 0 Å². The molecule has 0 bridgehead atoms. The van der Waals surface area contributed by atoms with Gasteiger partial charge in [0.15, 0.2) is 11.8 Å². The Morgan fingerprint density at radius 3 is 2.58 bits per heavy atom. The minimum atomic E-state index is -4.48. The summed E-state index contributed by atoms with van der Waals surface area (Å²) in [5.41, 5.74) is 5.80. The van der Waals surface area contributed by atoms with Crippen LogP contribution in [-0.2, 0) is 19.3 Å². The Hall–Kier alpha value is -1.80. The van der Waals surface area contributed by atoms with Gasteiger partial charge in [-0.15, -0.1) is 10.2 Å². The van der Waals surface area contributed by atoms with Crippen LogP contribution in [0.3, 0.4) is 0 Å². The topological polar surface area (TPSA) is 72.3 Å². The maximum Gasteiger partial charge on any atom is 0.451 e. The summed E-state index contributed by atoms with van der Waals surface area (Å²) < 4.78 is 39.0. The number of hydrogen-bond acceptors (Lipinski definition) is 3. The highest BCUT2D eigenvalue weighted by molar-refractivity contribution is 5.78. The fourth-order valence-electron chi connectivity index (χ4n) is 1.91. The monoisotopic (exact) mass is 276 g/mol. The van der Waals surface area contributed by atoms with Crippen molar-refractivity contribution >= 4 is 5.96 Å². The molecular weight excluding hydrogens is 261 g/mol. The van der Waals surface area contributed by atoms with Crippen LogP contribution in [0.25, 0.3) is 0 Å². The molecular formula is C10H15F3N6. The Kier molecular flexibility index (Phi) is 3.38. The second kappa shape index (κ2) is 4.71. The summed E-state index contributed by atoms with van der Waals surface area (Å²) in [6.07, 6.45) is -4.48. The van der Waals surface area contributed by atoms with Gasteiger partial charge in [-0.2, -0.15) is 13.2 Å². The number of nitrogens with two attached hydrogens (primary N) is 1. The Labute approximate surface area is 108 Å². The molecule has 1 aromatic heterocycles. The van der Waals surface area contributed by atoms with E-state index in [9.17, 15) is 13.2 Å². The average Bonchev–Trinajstić information content (AvgIpc) is 2.69. The number of hydrogen-bond donors (Lipinski definition) is 1. The highest BCUT2D eigenvalue weighted by Crippen LogP contribution is 2.29. The lowest BCUT2D eigenvalue weighted by molar-refractivity contribution is -0.147. The molecule has 0 fully saturated rings. The Morgan fingerprint density at radius 2 is 2.00 bits per heavy atom. The lowest BCUT2D eigenvalue weighted by Crippen LogP contribution is -2.43. The van der Waals surface area contributed by atoms with Crippen LogP contribution < -0.4 is 5.73 Å². The molecule has 2 heterocycles. The van der Waals surface area contributed by atoms with E-state index in [4.69, 9.17) is 5.73 Å². The van der Waals surface area contributed by atoms with E-state index in [1.165, 1.54) is 0 Å². The molecule has 6 nitrogen and oxygen atoms in total. The third kappa shape index (κ3) is 2.79. The molecule has 2 N–H and O–H groups in total. The van der Waals surface area contributed by atoms with Gasteiger partial charge in [-0.3, -0.25) is 4.99 Å². The maximum atomic E-state index is 12.7. The number of aromatic nitrogens is 3. The molecule has 0 aliphatic carbocycles. The summed E-state index contributed by atoms with van der Waals surface area (Å²) >= 11 is 0. The smallest absolute Gasteiger partial charge is 0.370 e. The van der Waals surface area contributed by atoms with Crippen LogP contribution in [0, 0.1) is 0 Å². The van der Waals surface area contributed by atoms with Crippen LogP contribution >= 0.6 is 0 Å². The zero-order valence-corrected chi connectivity index (χ0v) is 10.6. The number of guanidine groups is 1. The van der Waals surface area contributed by atoms with Gasteiger partial charge >= 0.3 is 6.18 Å². The van der Waals surface area contributed by atoms with E-state index < -0.39 is 12.0 Å². The van der Waals surface area contributed by atoms with Crippen LogP contribution in [0.5, 0.6) is 0 Å². The van der Waals surface area contributed by atoms with Gasteiger partial charge in [0, 0.05) is 19.1 Å². The van der Waals surface area contributed by atoms with Crippen molar-refractivity contribution in [2.75, 3.05) is 6.54 Å². The molecule has 9 heteroatoms. The van der Waals surface area contributed by atoms with Crippen molar-refractivity contribution < 1.29 is 13.2 Å².